The van der Waals surface area contributed by atoms with Gasteiger partial charge in [-0.2, -0.15) is 0 Å². The van der Waals surface area contributed by atoms with E-state index in [1.165, 1.54) is 0 Å². The lowest BCUT2D eigenvalue weighted by Gasteiger charge is -2.16. The molecule has 0 unspecified atom stereocenters. The molecule has 2 rings (SSSR count). The highest BCUT2D eigenvalue weighted by molar-refractivity contribution is 5.98. The molecule has 2 N–H and O–H groups in total. The number of hydrogen-bond acceptors (Lipinski definition) is 5. The van der Waals surface area contributed by atoms with E-state index in [1.807, 2.05) is 0 Å². The van der Waals surface area contributed by atoms with Gasteiger partial charge in [0.15, 0.2) is 11.5 Å². The summed E-state index contributed by atoms with van der Waals surface area (Å²) in [4.78, 5) is 26.0. The Morgan fingerprint density at radius 3 is 2.52 bits per heavy atom. The van der Waals surface area contributed by atoms with Gasteiger partial charge in [0.05, 0.1) is 6.54 Å². The Bertz CT molecular complexity index is 536. The van der Waals surface area contributed by atoms with Gasteiger partial charge in [-0.1, -0.05) is 13.8 Å². The van der Waals surface area contributed by atoms with Crippen LogP contribution in [0.1, 0.15) is 53.2 Å². The number of ketones is 1. The maximum Gasteiger partial charge on any atom is 0.274 e. The Morgan fingerprint density at radius 2 is 1.95 bits per heavy atom. The average Bonchev–Trinajstić information content (AvgIpc) is 2.99. The molecule has 0 radical (unpaired) electrons. The van der Waals surface area contributed by atoms with Crippen molar-refractivity contribution in [1.82, 2.24) is 15.1 Å². The van der Waals surface area contributed by atoms with Crippen molar-refractivity contribution < 1.29 is 9.59 Å². The molecule has 2 heterocycles. The minimum Gasteiger partial charge on any atom is -0.337 e. The minimum absolute atomic E-state index is 0.0980. The number of hydrogen-bond donors (Lipinski definition) is 1. The summed E-state index contributed by atoms with van der Waals surface area (Å²) in [6, 6.07) is 1.70. The second-order valence-corrected chi connectivity index (χ2v) is 5.83. The van der Waals surface area contributed by atoms with Crippen LogP contribution in [0.25, 0.3) is 0 Å². The summed E-state index contributed by atoms with van der Waals surface area (Å²) in [5.74, 6) is 0.0170. The standard InChI is InChI=1S/C15H22N4O2/c1-10(2)7-11-8-12(15(21)19-5-3-4-6-19)17-18-14(11)13(20)9-16/h8,10H,3-7,9,16H2,1-2H3. The number of nitrogens with two attached hydrogens (primary N) is 1. The molecule has 0 saturated carbocycles. The fourth-order valence-electron chi connectivity index (χ4n) is 2.54. The quantitative estimate of drug-likeness (QED) is 0.819. The molecular weight excluding hydrogens is 268 g/mol. The number of carbonyl (C=O) groups is 2. The fourth-order valence-corrected chi connectivity index (χ4v) is 2.54. The van der Waals surface area contributed by atoms with Gasteiger partial charge < -0.3 is 10.6 Å². The molecule has 1 fully saturated rings. The van der Waals surface area contributed by atoms with E-state index in [-0.39, 0.29) is 18.2 Å². The first-order valence-corrected chi connectivity index (χ1v) is 7.42. The third-order valence-corrected chi connectivity index (χ3v) is 3.56. The first-order valence-electron chi connectivity index (χ1n) is 7.42. The Labute approximate surface area is 124 Å². The van der Waals surface area contributed by atoms with Gasteiger partial charge in [-0.3, -0.25) is 9.59 Å². The smallest absolute Gasteiger partial charge is 0.274 e. The molecule has 0 bridgehead atoms. The monoisotopic (exact) mass is 290 g/mol. The number of rotatable bonds is 5. The predicted molar refractivity (Wildman–Crippen MR) is 79.1 cm³/mol. The Balaban J connectivity index is 2.31. The van der Waals surface area contributed by atoms with Crippen molar-refractivity contribution in [3.8, 4) is 0 Å². The molecule has 6 nitrogen and oxygen atoms in total. The van der Waals surface area contributed by atoms with Crippen LogP contribution >= 0.6 is 0 Å². The van der Waals surface area contributed by atoms with E-state index in [4.69, 9.17) is 5.73 Å². The lowest BCUT2D eigenvalue weighted by molar-refractivity contribution is 0.0784. The van der Waals surface area contributed by atoms with Crippen LogP contribution in [0.3, 0.4) is 0 Å². The average molecular weight is 290 g/mol. The van der Waals surface area contributed by atoms with Gasteiger partial charge >= 0.3 is 0 Å². The van der Waals surface area contributed by atoms with E-state index in [0.29, 0.717) is 23.7 Å². The molecule has 0 spiro atoms. The second kappa shape index (κ2) is 6.76. The van der Waals surface area contributed by atoms with Crippen LogP contribution in [-0.4, -0.2) is 46.4 Å². The molecule has 1 saturated heterocycles. The summed E-state index contributed by atoms with van der Waals surface area (Å²) in [5.41, 5.74) is 6.79. The highest BCUT2D eigenvalue weighted by atomic mass is 16.2. The van der Waals surface area contributed by atoms with Crippen molar-refractivity contribution in [3.63, 3.8) is 0 Å². The van der Waals surface area contributed by atoms with Gasteiger partial charge in [-0.05, 0) is 36.8 Å². The van der Waals surface area contributed by atoms with Crippen molar-refractivity contribution in [2.45, 2.75) is 33.1 Å². The minimum atomic E-state index is -0.238. The lowest BCUT2D eigenvalue weighted by atomic mass is 9.99. The van der Waals surface area contributed by atoms with E-state index < -0.39 is 0 Å². The van der Waals surface area contributed by atoms with Gasteiger partial charge in [-0.25, -0.2) is 0 Å². The van der Waals surface area contributed by atoms with Crippen LogP contribution in [0.4, 0.5) is 0 Å². The summed E-state index contributed by atoms with van der Waals surface area (Å²) in [6.07, 6.45) is 2.74. The Morgan fingerprint density at radius 1 is 1.29 bits per heavy atom. The van der Waals surface area contributed by atoms with Crippen molar-refractivity contribution in [3.05, 3.63) is 23.0 Å². The van der Waals surface area contributed by atoms with E-state index in [1.54, 1.807) is 11.0 Å². The van der Waals surface area contributed by atoms with Crippen LogP contribution in [-0.2, 0) is 6.42 Å². The normalized spacial score (nSPS) is 14.8. The zero-order valence-corrected chi connectivity index (χ0v) is 12.6. The summed E-state index contributed by atoms with van der Waals surface area (Å²) in [5, 5.41) is 7.91. The van der Waals surface area contributed by atoms with Gasteiger partial charge in [0.2, 0.25) is 0 Å². The number of carbonyl (C=O) groups excluding carboxylic acids is 2. The topological polar surface area (TPSA) is 89.2 Å². The third kappa shape index (κ3) is 3.64. The zero-order chi connectivity index (χ0) is 15.4. The third-order valence-electron chi connectivity index (χ3n) is 3.56. The number of nitrogens with zero attached hydrogens (tertiary/aromatic N) is 3. The largest absolute Gasteiger partial charge is 0.337 e. The number of aromatic nitrogens is 2. The number of likely N-dealkylation sites (tertiary alicyclic amines) is 1. The molecule has 1 aromatic rings. The number of Topliss-reactive ketones (excluding diaryl/α,β-unsaturated/α-hetero) is 1. The Kier molecular flexibility index (Phi) is 5.01. The SMILES string of the molecule is CC(C)Cc1cc(C(=O)N2CCCC2)nnc1C(=O)CN. The Hall–Kier alpha value is -1.82. The molecule has 1 aliphatic rings. The van der Waals surface area contributed by atoms with Crippen LogP contribution in [0.5, 0.6) is 0 Å². The fraction of sp³-hybridized carbons (Fsp3) is 0.600. The van der Waals surface area contributed by atoms with Crippen molar-refractivity contribution in [2.75, 3.05) is 19.6 Å². The van der Waals surface area contributed by atoms with Crippen molar-refractivity contribution >= 4 is 11.7 Å². The molecular formula is C15H22N4O2. The molecule has 1 amide bonds. The second-order valence-electron chi connectivity index (χ2n) is 5.83. The highest BCUT2D eigenvalue weighted by Crippen LogP contribution is 2.16. The van der Waals surface area contributed by atoms with Gasteiger partial charge in [0.1, 0.15) is 5.69 Å². The maximum atomic E-state index is 12.3. The van der Waals surface area contributed by atoms with Crippen LogP contribution in [0.2, 0.25) is 0 Å². The first kappa shape index (κ1) is 15.6. The number of amides is 1. The van der Waals surface area contributed by atoms with Crippen LogP contribution in [0.15, 0.2) is 6.07 Å². The van der Waals surface area contributed by atoms with Gasteiger partial charge in [0.25, 0.3) is 5.91 Å². The molecule has 0 aliphatic carbocycles. The molecule has 114 valence electrons. The molecule has 1 aromatic heterocycles. The van der Waals surface area contributed by atoms with E-state index in [0.717, 1.165) is 31.5 Å². The molecule has 1 aliphatic heterocycles. The first-order chi connectivity index (χ1) is 10.0. The maximum absolute atomic E-state index is 12.3. The van der Waals surface area contributed by atoms with Gasteiger partial charge in [0, 0.05) is 13.1 Å². The van der Waals surface area contributed by atoms with E-state index >= 15 is 0 Å². The van der Waals surface area contributed by atoms with Gasteiger partial charge in [-0.15, -0.1) is 10.2 Å². The van der Waals surface area contributed by atoms with Crippen molar-refractivity contribution in [1.29, 1.82) is 0 Å². The predicted octanol–water partition coefficient (Wildman–Crippen LogP) is 1.05. The van der Waals surface area contributed by atoms with Crippen LogP contribution in [0, 0.1) is 5.92 Å². The van der Waals surface area contributed by atoms with E-state index in [9.17, 15) is 9.59 Å². The molecule has 6 heteroatoms. The summed E-state index contributed by atoms with van der Waals surface area (Å²) in [6.45, 7) is 5.55. The lowest BCUT2D eigenvalue weighted by Crippen LogP contribution is -2.29. The summed E-state index contributed by atoms with van der Waals surface area (Å²) < 4.78 is 0. The van der Waals surface area contributed by atoms with Crippen LogP contribution < -0.4 is 5.73 Å². The molecule has 0 aromatic carbocycles. The molecule has 21 heavy (non-hydrogen) atoms. The summed E-state index contributed by atoms with van der Waals surface area (Å²) >= 11 is 0. The molecule has 0 atom stereocenters. The van der Waals surface area contributed by atoms with Crippen molar-refractivity contribution in [2.24, 2.45) is 11.7 Å². The highest BCUT2D eigenvalue weighted by Gasteiger charge is 2.23. The summed E-state index contributed by atoms with van der Waals surface area (Å²) in [7, 11) is 0. The van der Waals surface area contributed by atoms with E-state index in [2.05, 4.69) is 24.0 Å². The zero-order valence-electron chi connectivity index (χ0n) is 12.6.